The van der Waals surface area contributed by atoms with Gasteiger partial charge in [-0.2, -0.15) is 0 Å². The number of para-hydroxylation sites is 1. The number of phenols is 2. The van der Waals surface area contributed by atoms with Gasteiger partial charge in [0, 0.05) is 24.0 Å². The van der Waals surface area contributed by atoms with Gasteiger partial charge in [-0.05, 0) is 24.1 Å². The minimum absolute atomic E-state index is 0.148. The Hall–Kier alpha value is -2.69. The molecule has 4 N–H and O–H groups in total. The van der Waals surface area contributed by atoms with Crippen LogP contribution in [0.3, 0.4) is 0 Å². The van der Waals surface area contributed by atoms with Crippen molar-refractivity contribution in [3.8, 4) is 11.5 Å². The first-order valence-corrected chi connectivity index (χ1v) is 6.29. The number of anilines is 2. The molecule has 0 aromatic heterocycles. The number of carbonyl (C=O) groups is 1. The Morgan fingerprint density at radius 1 is 1.15 bits per heavy atom. The van der Waals surface area contributed by atoms with E-state index in [2.05, 4.69) is 0 Å². The van der Waals surface area contributed by atoms with Crippen LogP contribution in [0, 0.1) is 0 Å². The van der Waals surface area contributed by atoms with Crippen molar-refractivity contribution in [2.45, 2.75) is 6.42 Å². The predicted octanol–water partition coefficient (Wildman–Crippen LogP) is 1.88. The van der Waals surface area contributed by atoms with E-state index < -0.39 is 0 Å². The monoisotopic (exact) mass is 270 g/mol. The van der Waals surface area contributed by atoms with E-state index in [9.17, 15) is 15.0 Å². The molecule has 20 heavy (non-hydrogen) atoms. The number of fused-ring (bicyclic) bond motifs is 1. The summed E-state index contributed by atoms with van der Waals surface area (Å²) in [4.78, 5) is 14.2. The molecule has 1 aliphatic heterocycles. The number of nitrogen functional groups attached to an aromatic ring is 1. The van der Waals surface area contributed by atoms with E-state index in [1.54, 1.807) is 4.90 Å². The second kappa shape index (κ2) is 4.45. The van der Waals surface area contributed by atoms with Gasteiger partial charge in [0.15, 0.2) is 11.5 Å². The molecular weight excluding hydrogens is 256 g/mol. The molecule has 0 fully saturated rings. The van der Waals surface area contributed by atoms with Crippen LogP contribution in [-0.2, 0) is 6.42 Å². The predicted molar refractivity (Wildman–Crippen MR) is 76.0 cm³/mol. The van der Waals surface area contributed by atoms with Gasteiger partial charge in [0.1, 0.15) is 0 Å². The summed E-state index contributed by atoms with van der Waals surface area (Å²) in [6, 6.07) is 10.1. The minimum atomic E-state index is -0.352. The summed E-state index contributed by atoms with van der Waals surface area (Å²) < 4.78 is 0. The number of aromatic hydroxyl groups is 2. The van der Waals surface area contributed by atoms with Crippen LogP contribution in [-0.4, -0.2) is 22.7 Å². The maximum atomic E-state index is 12.5. The van der Waals surface area contributed by atoms with Crippen molar-refractivity contribution in [3.63, 3.8) is 0 Å². The molecule has 0 atom stereocenters. The van der Waals surface area contributed by atoms with Gasteiger partial charge >= 0.3 is 0 Å². The summed E-state index contributed by atoms with van der Waals surface area (Å²) in [6.07, 6.45) is 0.798. The number of phenolic OH excluding ortho intramolecular Hbond substituents is 2. The van der Waals surface area contributed by atoms with E-state index >= 15 is 0 Å². The summed E-state index contributed by atoms with van der Waals surface area (Å²) in [5.41, 5.74) is 8.08. The lowest BCUT2D eigenvalue weighted by molar-refractivity contribution is 0.0990. The second-order valence-corrected chi connectivity index (χ2v) is 4.76. The number of carbonyl (C=O) groups excluding carboxylic acids is 1. The Morgan fingerprint density at radius 3 is 2.65 bits per heavy atom. The van der Waals surface area contributed by atoms with Crippen LogP contribution >= 0.6 is 0 Å². The minimum Gasteiger partial charge on any atom is -0.504 e. The van der Waals surface area contributed by atoms with Crippen LogP contribution in [0.4, 0.5) is 11.4 Å². The molecule has 5 heteroatoms. The summed E-state index contributed by atoms with van der Waals surface area (Å²) >= 11 is 0. The molecule has 2 aromatic carbocycles. The summed E-state index contributed by atoms with van der Waals surface area (Å²) in [5, 5.41) is 18.9. The van der Waals surface area contributed by atoms with E-state index in [1.165, 1.54) is 12.1 Å². The zero-order valence-electron chi connectivity index (χ0n) is 10.7. The quantitative estimate of drug-likeness (QED) is 0.419. The smallest absolute Gasteiger partial charge is 0.260 e. The topological polar surface area (TPSA) is 86.8 Å². The fraction of sp³-hybridized carbons (Fsp3) is 0.133. The van der Waals surface area contributed by atoms with Crippen molar-refractivity contribution in [1.29, 1.82) is 0 Å². The molecule has 2 aromatic rings. The van der Waals surface area contributed by atoms with Gasteiger partial charge in [0.2, 0.25) is 0 Å². The Morgan fingerprint density at radius 2 is 1.85 bits per heavy atom. The Bertz CT molecular complexity index is 698. The van der Waals surface area contributed by atoms with Crippen LogP contribution in [0.5, 0.6) is 11.5 Å². The molecule has 1 aliphatic rings. The van der Waals surface area contributed by atoms with Crippen molar-refractivity contribution in [1.82, 2.24) is 0 Å². The van der Waals surface area contributed by atoms with E-state index in [0.717, 1.165) is 17.7 Å². The third-order valence-electron chi connectivity index (χ3n) is 3.51. The molecule has 3 rings (SSSR count). The van der Waals surface area contributed by atoms with E-state index in [-0.39, 0.29) is 28.7 Å². The SMILES string of the molecule is Nc1cc(O)c(O)cc1C(=O)N1CCc2ccccc21. The number of rotatable bonds is 1. The van der Waals surface area contributed by atoms with Gasteiger partial charge in [-0.3, -0.25) is 4.79 Å². The lowest BCUT2D eigenvalue weighted by Gasteiger charge is -2.18. The number of amides is 1. The Labute approximate surface area is 115 Å². The summed E-state index contributed by atoms with van der Waals surface area (Å²) in [5.74, 6) is -0.960. The van der Waals surface area contributed by atoms with Crippen LogP contribution in [0.25, 0.3) is 0 Å². The first-order valence-electron chi connectivity index (χ1n) is 6.29. The Kier molecular flexibility index (Phi) is 2.75. The van der Waals surface area contributed by atoms with Crippen LogP contribution in [0.2, 0.25) is 0 Å². The maximum absolute atomic E-state index is 12.5. The highest BCUT2D eigenvalue weighted by molar-refractivity contribution is 6.10. The van der Waals surface area contributed by atoms with E-state index in [4.69, 9.17) is 5.73 Å². The fourth-order valence-electron chi connectivity index (χ4n) is 2.47. The summed E-state index contributed by atoms with van der Waals surface area (Å²) in [7, 11) is 0. The average molecular weight is 270 g/mol. The number of hydrogen-bond donors (Lipinski definition) is 3. The van der Waals surface area contributed by atoms with Gasteiger partial charge in [-0.25, -0.2) is 0 Å². The van der Waals surface area contributed by atoms with Gasteiger partial charge in [0.05, 0.1) is 5.56 Å². The molecule has 0 spiro atoms. The lowest BCUT2D eigenvalue weighted by atomic mass is 10.1. The lowest BCUT2D eigenvalue weighted by Crippen LogP contribution is -2.29. The van der Waals surface area contributed by atoms with E-state index in [1.807, 2.05) is 24.3 Å². The van der Waals surface area contributed by atoms with E-state index in [0.29, 0.717) is 6.54 Å². The van der Waals surface area contributed by atoms with Crippen LogP contribution in [0.1, 0.15) is 15.9 Å². The van der Waals surface area contributed by atoms with Gasteiger partial charge < -0.3 is 20.8 Å². The molecule has 102 valence electrons. The first-order chi connectivity index (χ1) is 9.58. The highest BCUT2D eigenvalue weighted by atomic mass is 16.3. The number of hydrogen-bond acceptors (Lipinski definition) is 4. The zero-order chi connectivity index (χ0) is 14.3. The maximum Gasteiger partial charge on any atom is 0.260 e. The van der Waals surface area contributed by atoms with Crippen molar-refractivity contribution in [2.75, 3.05) is 17.2 Å². The standard InChI is InChI=1S/C15H14N2O3/c16-11-8-14(19)13(18)7-10(11)15(20)17-6-5-9-3-1-2-4-12(9)17/h1-4,7-8,18-19H,5-6,16H2. The third kappa shape index (κ3) is 1.84. The molecular formula is C15H14N2O3. The summed E-state index contributed by atoms with van der Waals surface area (Å²) in [6.45, 7) is 0.583. The second-order valence-electron chi connectivity index (χ2n) is 4.76. The molecule has 0 bridgehead atoms. The van der Waals surface area contributed by atoms with Gasteiger partial charge in [-0.1, -0.05) is 18.2 Å². The van der Waals surface area contributed by atoms with Crippen LogP contribution < -0.4 is 10.6 Å². The molecule has 0 saturated carbocycles. The largest absolute Gasteiger partial charge is 0.504 e. The van der Waals surface area contributed by atoms with Crippen molar-refractivity contribution in [3.05, 3.63) is 47.5 Å². The van der Waals surface area contributed by atoms with Crippen molar-refractivity contribution >= 4 is 17.3 Å². The molecule has 0 unspecified atom stereocenters. The number of nitrogens with two attached hydrogens (primary N) is 1. The molecule has 5 nitrogen and oxygen atoms in total. The first kappa shape index (κ1) is 12.3. The van der Waals surface area contributed by atoms with Crippen molar-refractivity contribution in [2.24, 2.45) is 0 Å². The molecule has 0 aliphatic carbocycles. The molecule has 0 saturated heterocycles. The third-order valence-corrected chi connectivity index (χ3v) is 3.51. The van der Waals surface area contributed by atoms with Gasteiger partial charge in [0.25, 0.3) is 5.91 Å². The highest BCUT2D eigenvalue weighted by Crippen LogP contribution is 2.33. The van der Waals surface area contributed by atoms with Crippen LogP contribution in [0.15, 0.2) is 36.4 Å². The Balaban J connectivity index is 2.01. The highest BCUT2D eigenvalue weighted by Gasteiger charge is 2.27. The van der Waals surface area contributed by atoms with Crippen molar-refractivity contribution < 1.29 is 15.0 Å². The molecule has 0 radical (unpaired) electrons. The normalized spacial score (nSPS) is 13.3. The zero-order valence-corrected chi connectivity index (χ0v) is 10.7. The van der Waals surface area contributed by atoms with Gasteiger partial charge in [-0.15, -0.1) is 0 Å². The fourth-order valence-corrected chi connectivity index (χ4v) is 2.47. The number of nitrogens with zero attached hydrogens (tertiary/aromatic N) is 1. The molecule has 1 heterocycles. The molecule has 1 amide bonds. The average Bonchev–Trinajstić information content (AvgIpc) is 2.86. The number of benzene rings is 2.